The zero-order valence-corrected chi connectivity index (χ0v) is 67.9. The van der Waals surface area contributed by atoms with E-state index in [-0.39, 0.29) is 45.3 Å². The van der Waals surface area contributed by atoms with E-state index in [0.29, 0.717) is 0 Å². The van der Waals surface area contributed by atoms with Crippen molar-refractivity contribution in [2.45, 2.75) is 52.4 Å². The topological polar surface area (TPSA) is 74.4 Å². The first-order valence-electron chi connectivity index (χ1n) is 39.9. The van der Waals surface area contributed by atoms with Crippen molar-refractivity contribution >= 4 is 137 Å². The fourth-order valence-electron chi connectivity index (χ4n) is 17.9. The van der Waals surface area contributed by atoms with Gasteiger partial charge in [0, 0.05) is 86.2 Å². The summed E-state index contributed by atoms with van der Waals surface area (Å²) in [5.74, 6) is 1.77. The number of para-hydroxylation sites is 10. The number of nitrogens with zero attached hydrogens (tertiary/aromatic N) is 10. The van der Waals surface area contributed by atoms with Gasteiger partial charge in [-0.1, -0.05) is 211 Å². The second-order valence-corrected chi connectivity index (χ2v) is 32.4. The molecule has 0 unspecified atom stereocenters. The summed E-state index contributed by atoms with van der Waals surface area (Å²) < 4.78 is 4.56. The summed E-state index contributed by atoms with van der Waals surface area (Å²) in [4.78, 5) is 30.2. The maximum atomic E-state index is 5.32. The fourth-order valence-corrected chi connectivity index (χ4v) is 17.9. The molecule has 22 rings (SSSR count). The summed E-state index contributed by atoms with van der Waals surface area (Å²) >= 11 is 0. The van der Waals surface area contributed by atoms with E-state index >= 15 is 0 Å². The molecule has 13 heteroatoms. The van der Waals surface area contributed by atoms with E-state index < -0.39 is 0 Å². The third-order valence-electron chi connectivity index (χ3n) is 23.3. The summed E-state index contributed by atoms with van der Waals surface area (Å²) in [5.41, 5.74) is 35.3. The summed E-state index contributed by atoms with van der Waals surface area (Å²) in [6.45, 7) is 13.3. The molecule has 8 heterocycles. The van der Waals surface area contributed by atoms with Gasteiger partial charge in [0.05, 0.1) is 33.6 Å². The van der Waals surface area contributed by atoms with Gasteiger partial charge < -0.3 is 29.2 Å². The molecule has 4 aliphatic rings. The Morgan fingerprint density at radius 2 is 0.632 bits per heavy atom. The molecule has 0 spiro atoms. The van der Waals surface area contributed by atoms with Gasteiger partial charge in [-0.3, -0.25) is 14.5 Å². The van der Waals surface area contributed by atoms with Crippen LogP contribution in [-0.4, -0.2) is 42.5 Å². The minimum Gasteiger partial charge on any atom is -0.353 e. The van der Waals surface area contributed by atoms with Gasteiger partial charge in [0.25, 0.3) is 6.71 Å². The van der Waals surface area contributed by atoms with Crippen LogP contribution in [0.3, 0.4) is 0 Å². The van der Waals surface area contributed by atoms with Crippen molar-refractivity contribution in [2.24, 2.45) is 0 Å². The number of benzene rings is 14. The summed E-state index contributed by atoms with van der Waals surface area (Å²) in [6, 6.07) is 134. The molecule has 4 aromatic heterocycles. The van der Waals surface area contributed by atoms with Crippen molar-refractivity contribution in [3.63, 3.8) is 0 Å². The van der Waals surface area contributed by atoms with Crippen LogP contribution in [0.1, 0.15) is 52.7 Å². The Bertz CT molecular complexity index is 6400. The number of pyridine rings is 2. The van der Waals surface area contributed by atoms with Crippen LogP contribution in [0, 0.1) is 12.1 Å². The third kappa shape index (κ3) is 12.4. The van der Waals surface area contributed by atoms with E-state index in [2.05, 4.69) is 434 Å². The maximum Gasteiger partial charge on any atom is 2.00 e. The molecule has 4 aliphatic heterocycles. The number of hydrogen-bond acceptors (Lipinski definition) is 8. The van der Waals surface area contributed by atoms with Crippen LogP contribution in [0.25, 0.3) is 78.7 Å². The first kappa shape index (κ1) is 72.3. The average Bonchev–Trinajstić information content (AvgIpc) is 0.966. The number of rotatable bonds is 10. The van der Waals surface area contributed by atoms with E-state index in [4.69, 9.17) is 19.9 Å². The first-order valence-corrected chi connectivity index (χ1v) is 39.9. The van der Waals surface area contributed by atoms with E-state index in [9.17, 15) is 0 Å². The molecule has 560 valence electrons. The predicted octanol–water partition coefficient (Wildman–Crippen LogP) is 21.9. The molecule has 0 bridgehead atoms. The van der Waals surface area contributed by atoms with E-state index in [1.807, 2.05) is 12.4 Å². The third-order valence-corrected chi connectivity index (χ3v) is 23.3. The largest absolute Gasteiger partial charge is 2.00 e. The number of hydrogen-bond donors (Lipinski definition) is 0. The van der Waals surface area contributed by atoms with Crippen LogP contribution >= 0.6 is 0 Å². The maximum absolute atomic E-state index is 5.32. The van der Waals surface area contributed by atoms with Crippen molar-refractivity contribution in [2.75, 3.05) is 19.6 Å². The van der Waals surface area contributed by atoms with E-state index in [0.717, 1.165) is 147 Å². The van der Waals surface area contributed by atoms with Gasteiger partial charge >= 0.3 is 21.1 Å². The van der Waals surface area contributed by atoms with Crippen LogP contribution in [0.4, 0.5) is 68.2 Å². The molecule has 0 amide bonds. The Kier molecular flexibility index (Phi) is 17.9. The normalized spacial score (nSPS) is 12.9. The quantitative estimate of drug-likeness (QED) is 0.0990. The van der Waals surface area contributed by atoms with E-state index in [1.54, 1.807) is 0 Å². The van der Waals surface area contributed by atoms with E-state index in [1.165, 1.54) is 44.4 Å². The number of aromatic nitrogens is 6. The molecule has 0 fully saturated rings. The van der Waals surface area contributed by atoms with Crippen LogP contribution < -0.4 is 52.4 Å². The molecular weight excluding hydrogens is 1610 g/mol. The van der Waals surface area contributed by atoms with Gasteiger partial charge in [0.2, 0.25) is 6.71 Å². The van der Waals surface area contributed by atoms with Gasteiger partial charge in [-0.15, -0.1) is 58.5 Å². The number of fused-ring (bicyclic) bond motifs is 10. The van der Waals surface area contributed by atoms with Crippen LogP contribution in [0.5, 0.6) is 0 Å². The van der Waals surface area contributed by atoms with Crippen LogP contribution in [-0.2, 0) is 31.9 Å². The van der Waals surface area contributed by atoms with Crippen molar-refractivity contribution in [1.82, 2.24) is 29.1 Å². The Hall–Kier alpha value is -13.7. The molecule has 18 aromatic rings. The Labute approximate surface area is 697 Å². The average molecular weight is 1680 g/mol. The molecule has 14 aromatic carbocycles. The SMILES string of the molecule is CC(C)(C)c1ccnc(-c2[c-]c3c(cc2)N(c2ccccc2)c2cccc4c2B3c2[c-]c(-c3nc5ccccc5n3-c3ccccc3)ccc2N4c2ccccc2)c1.CC(C)(C)c1ccnc(-c2ccc3c(c2)B2c4cc(-c5nc6ccccc6n5-c5ccccc5)ccc4N(c4ccccc4)c4cccc(c42)N3c2ccccc2)c1.[Pt+2]. The molecule has 0 aliphatic carbocycles. The number of imidazole rings is 2. The summed E-state index contributed by atoms with van der Waals surface area (Å²) in [5, 5.41) is 0. The fraction of sp³-hybridized carbons (Fsp3) is 0.0769. The second-order valence-electron chi connectivity index (χ2n) is 32.4. The second kappa shape index (κ2) is 29.0. The Morgan fingerprint density at radius 1 is 0.282 bits per heavy atom. The Morgan fingerprint density at radius 3 is 1.09 bits per heavy atom. The summed E-state index contributed by atoms with van der Waals surface area (Å²) in [6.07, 6.45) is 3.89. The first-order chi connectivity index (χ1) is 56.8. The molecule has 0 saturated carbocycles. The zero-order chi connectivity index (χ0) is 77.9. The standard InChI is InChI=1S/C52H40BN5.C52H38BN5.Pt/c2*1-52(2,3)37-30-31-54-44(34-37)35-26-28-45-41(32-35)53-42-33-36(51-55-43-22-13-14-23-47(43)58(51)40-20-11-6-12-21-40)27-29-46(42)57(39-18-9-5-10-19-39)49-25-15-24-48(50(49)53)56(45)38-16-7-4-8-17-38;/h4-34H,1-3H3;4-31,34H,1-3H3;/q;-2;+2. The molecular formula is C104H78B2N10Pt. The van der Waals surface area contributed by atoms with Gasteiger partial charge in [-0.25, -0.2) is 4.98 Å². The molecule has 0 radical (unpaired) electrons. The van der Waals surface area contributed by atoms with Crippen molar-refractivity contribution in [1.29, 1.82) is 0 Å². The smallest absolute Gasteiger partial charge is 0.353 e. The predicted molar refractivity (Wildman–Crippen MR) is 483 cm³/mol. The van der Waals surface area contributed by atoms with Gasteiger partial charge in [0.15, 0.2) is 0 Å². The van der Waals surface area contributed by atoms with Crippen LogP contribution in [0.15, 0.2) is 364 Å². The molecule has 10 nitrogen and oxygen atoms in total. The monoisotopic (exact) mass is 1680 g/mol. The minimum absolute atomic E-state index is 0. The molecule has 117 heavy (non-hydrogen) atoms. The molecule has 0 N–H and O–H groups in total. The van der Waals surface area contributed by atoms with Gasteiger partial charge in [0.1, 0.15) is 5.82 Å². The van der Waals surface area contributed by atoms with Gasteiger partial charge in [-0.05, 0) is 224 Å². The van der Waals surface area contributed by atoms with Crippen molar-refractivity contribution < 1.29 is 21.1 Å². The van der Waals surface area contributed by atoms with Crippen molar-refractivity contribution in [3.05, 3.63) is 388 Å². The zero-order valence-electron chi connectivity index (χ0n) is 65.6. The van der Waals surface area contributed by atoms with Crippen molar-refractivity contribution in [3.8, 4) is 56.7 Å². The van der Waals surface area contributed by atoms with Crippen LogP contribution in [0.2, 0.25) is 0 Å². The van der Waals surface area contributed by atoms with Gasteiger partial charge in [-0.2, -0.15) is 0 Å². The molecule has 0 atom stereocenters. The number of anilines is 12. The summed E-state index contributed by atoms with van der Waals surface area (Å²) in [7, 11) is 0. The molecule has 0 saturated heterocycles. The minimum atomic E-state index is -0.184. The Balaban J connectivity index is 0.000000149.